The third-order valence-corrected chi connectivity index (χ3v) is 2.85. The van der Waals surface area contributed by atoms with Crippen LogP contribution in [0.3, 0.4) is 0 Å². The smallest absolute Gasteiger partial charge is 0.319 e. The number of rotatable bonds is 3. The fourth-order valence-corrected chi connectivity index (χ4v) is 1.90. The van der Waals surface area contributed by atoms with Gasteiger partial charge >= 0.3 is 6.03 Å². The molecule has 1 aromatic rings. The SMILES string of the molecule is O=C(NCC1CCCN1)Nc1ccc(F)cc1F. The highest BCUT2D eigenvalue weighted by Crippen LogP contribution is 2.14. The van der Waals surface area contributed by atoms with Crippen molar-refractivity contribution in [3.05, 3.63) is 29.8 Å². The van der Waals surface area contributed by atoms with Crippen molar-refractivity contribution in [3.63, 3.8) is 0 Å². The quantitative estimate of drug-likeness (QED) is 0.772. The van der Waals surface area contributed by atoms with Crippen molar-refractivity contribution in [3.8, 4) is 0 Å². The molecule has 0 aromatic heterocycles. The van der Waals surface area contributed by atoms with E-state index in [2.05, 4.69) is 16.0 Å². The van der Waals surface area contributed by atoms with Crippen LogP contribution in [0.25, 0.3) is 0 Å². The first kappa shape index (κ1) is 12.8. The molecule has 0 bridgehead atoms. The molecule has 2 rings (SSSR count). The van der Waals surface area contributed by atoms with Crippen LogP contribution in [0.1, 0.15) is 12.8 Å². The van der Waals surface area contributed by atoms with E-state index in [0.29, 0.717) is 6.54 Å². The molecule has 0 radical (unpaired) electrons. The number of hydrogen-bond acceptors (Lipinski definition) is 2. The Morgan fingerprint density at radius 2 is 2.28 bits per heavy atom. The summed E-state index contributed by atoms with van der Waals surface area (Å²) in [6.07, 6.45) is 2.12. The van der Waals surface area contributed by atoms with Gasteiger partial charge in [0.2, 0.25) is 0 Å². The van der Waals surface area contributed by atoms with E-state index in [9.17, 15) is 13.6 Å². The van der Waals surface area contributed by atoms with Gasteiger partial charge in [0.15, 0.2) is 0 Å². The van der Waals surface area contributed by atoms with E-state index in [1.807, 2.05) is 0 Å². The van der Waals surface area contributed by atoms with Gasteiger partial charge < -0.3 is 16.0 Å². The van der Waals surface area contributed by atoms with Gasteiger partial charge in [-0.15, -0.1) is 0 Å². The molecule has 0 aliphatic carbocycles. The van der Waals surface area contributed by atoms with Gasteiger partial charge in [-0.25, -0.2) is 13.6 Å². The van der Waals surface area contributed by atoms with Crippen molar-refractivity contribution < 1.29 is 13.6 Å². The number of nitrogens with one attached hydrogen (secondary N) is 3. The molecule has 0 spiro atoms. The molecule has 1 fully saturated rings. The summed E-state index contributed by atoms with van der Waals surface area (Å²) in [5.41, 5.74) is -0.0340. The number of hydrogen-bond donors (Lipinski definition) is 3. The normalized spacial score (nSPS) is 18.7. The highest BCUT2D eigenvalue weighted by molar-refractivity contribution is 5.89. The summed E-state index contributed by atoms with van der Waals surface area (Å²) in [7, 11) is 0. The lowest BCUT2D eigenvalue weighted by atomic mass is 10.2. The number of benzene rings is 1. The van der Waals surface area contributed by atoms with Crippen molar-refractivity contribution in [2.45, 2.75) is 18.9 Å². The number of carbonyl (C=O) groups is 1. The molecule has 18 heavy (non-hydrogen) atoms. The Balaban J connectivity index is 1.82. The average Bonchev–Trinajstić information content (AvgIpc) is 2.83. The summed E-state index contributed by atoms with van der Waals surface area (Å²) in [6.45, 7) is 1.45. The molecule has 1 unspecified atom stereocenters. The average molecular weight is 255 g/mol. The van der Waals surface area contributed by atoms with E-state index in [-0.39, 0.29) is 11.7 Å². The monoisotopic (exact) mass is 255 g/mol. The van der Waals surface area contributed by atoms with E-state index in [4.69, 9.17) is 0 Å². The van der Waals surface area contributed by atoms with Crippen molar-refractivity contribution in [1.82, 2.24) is 10.6 Å². The Morgan fingerprint density at radius 1 is 1.44 bits per heavy atom. The van der Waals surface area contributed by atoms with Gasteiger partial charge in [0.05, 0.1) is 5.69 Å². The van der Waals surface area contributed by atoms with Gasteiger partial charge in [0, 0.05) is 18.7 Å². The van der Waals surface area contributed by atoms with Gasteiger partial charge in [-0.05, 0) is 31.5 Å². The lowest BCUT2D eigenvalue weighted by Gasteiger charge is -2.12. The molecule has 1 heterocycles. The zero-order chi connectivity index (χ0) is 13.0. The topological polar surface area (TPSA) is 53.2 Å². The Kier molecular flexibility index (Phi) is 4.09. The maximum absolute atomic E-state index is 13.3. The first-order chi connectivity index (χ1) is 8.65. The van der Waals surface area contributed by atoms with Crippen LogP contribution in [0.15, 0.2) is 18.2 Å². The maximum atomic E-state index is 13.3. The Labute approximate surface area is 104 Å². The van der Waals surface area contributed by atoms with E-state index in [1.54, 1.807) is 0 Å². The van der Waals surface area contributed by atoms with Gasteiger partial charge in [-0.1, -0.05) is 0 Å². The summed E-state index contributed by atoms with van der Waals surface area (Å²) in [5.74, 6) is -1.46. The standard InChI is InChI=1S/C12H15F2N3O/c13-8-3-4-11(10(14)6-8)17-12(18)16-7-9-2-1-5-15-9/h3-4,6,9,15H,1-2,5,7H2,(H2,16,17,18). The zero-order valence-corrected chi connectivity index (χ0v) is 9.80. The minimum Gasteiger partial charge on any atom is -0.336 e. The largest absolute Gasteiger partial charge is 0.336 e. The fourth-order valence-electron chi connectivity index (χ4n) is 1.90. The summed E-state index contributed by atoms with van der Waals surface area (Å²) in [6, 6.07) is 2.80. The Bertz CT molecular complexity index is 433. The summed E-state index contributed by atoms with van der Waals surface area (Å²) in [4.78, 5) is 11.5. The molecular weight excluding hydrogens is 240 g/mol. The first-order valence-electron chi connectivity index (χ1n) is 5.88. The highest BCUT2D eigenvalue weighted by Gasteiger charge is 2.15. The number of halogens is 2. The second kappa shape index (κ2) is 5.77. The zero-order valence-electron chi connectivity index (χ0n) is 9.80. The molecule has 0 saturated carbocycles. The molecule has 1 aliphatic rings. The summed E-state index contributed by atoms with van der Waals surface area (Å²) < 4.78 is 25.9. The molecule has 1 atom stereocenters. The van der Waals surface area contributed by atoms with Crippen molar-refractivity contribution >= 4 is 11.7 Å². The third kappa shape index (κ3) is 3.40. The molecule has 6 heteroatoms. The van der Waals surface area contributed by atoms with Gasteiger partial charge in [-0.3, -0.25) is 0 Å². The van der Waals surface area contributed by atoms with Gasteiger partial charge in [-0.2, -0.15) is 0 Å². The van der Waals surface area contributed by atoms with Crippen LogP contribution in [0.2, 0.25) is 0 Å². The Hall–Kier alpha value is -1.69. The maximum Gasteiger partial charge on any atom is 0.319 e. The molecule has 3 N–H and O–H groups in total. The number of urea groups is 1. The van der Waals surface area contributed by atoms with Crippen LogP contribution in [-0.4, -0.2) is 25.2 Å². The molecular formula is C12H15F2N3O. The molecule has 1 saturated heterocycles. The lowest BCUT2D eigenvalue weighted by molar-refractivity contribution is 0.251. The van der Waals surface area contributed by atoms with E-state index >= 15 is 0 Å². The molecule has 1 aliphatic heterocycles. The number of carbonyl (C=O) groups excluding carboxylic acids is 1. The molecule has 4 nitrogen and oxygen atoms in total. The van der Waals surface area contributed by atoms with Crippen LogP contribution in [0.4, 0.5) is 19.3 Å². The van der Waals surface area contributed by atoms with E-state index in [1.165, 1.54) is 6.07 Å². The Morgan fingerprint density at radius 3 is 2.94 bits per heavy atom. The second-order valence-corrected chi connectivity index (χ2v) is 4.25. The van der Waals surface area contributed by atoms with Crippen LogP contribution in [0.5, 0.6) is 0 Å². The van der Waals surface area contributed by atoms with E-state index in [0.717, 1.165) is 31.5 Å². The first-order valence-corrected chi connectivity index (χ1v) is 5.88. The lowest BCUT2D eigenvalue weighted by Crippen LogP contribution is -2.39. The minimum atomic E-state index is -0.788. The van der Waals surface area contributed by atoms with Crippen LogP contribution >= 0.6 is 0 Å². The number of amides is 2. The second-order valence-electron chi connectivity index (χ2n) is 4.25. The third-order valence-electron chi connectivity index (χ3n) is 2.85. The summed E-state index contributed by atoms with van der Waals surface area (Å²) in [5, 5.41) is 8.21. The predicted octanol–water partition coefficient (Wildman–Crippen LogP) is 1.84. The van der Waals surface area contributed by atoms with Crippen LogP contribution in [-0.2, 0) is 0 Å². The van der Waals surface area contributed by atoms with Crippen LogP contribution in [0, 0.1) is 11.6 Å². The van der Waals surface area contributed by atoms with Crippen LogP contribution < -0.4 is 16.0 Å². The fraction of sp³-hybridized carbons (Fsp3) is 0.417. The highest BCUT2D eigenvalue weighted by atomic mass is 19.1. The predicted molar refractivity (Wildman–Crippen MR) is 64.4 cm³/mol. The molecule has 2 amide bonds. The number of anilines is 1. The van der Waals surface area contributed by atoms with Crippen molar-refractivity contribution in [1.29, 1.82) is 0 Å². The van der Waals surface area contributed by atoms with E-state index < -0.39 is 17.7 Å². The molecule has 1 aromatic carbocycles. The molecule has 98 valence electrons. The van der Waals surface area contributed by atoms with Crippen molar-refractivity contribution in [2.75, 3.05) is 18.4 Å². The van der Waals surface area contributed by atoms with Gasteiger partial charge in [0.25, 0.3) is 0 Å². The minimum absolute atomic E-state index is 0.0340. The van der Waals surface area contributed by atoms with Crippen molar-refractivity contribution in [2.24, 2.45) is 0 Å². The summed E-state index contributed by atoms with van der Waals surface area (Å²) >= 11 is 0. The van der Waals surface area contributed by atoms with Gasteiger partial charge in [0.1, 0.15) is 11.6 Å².